The van der Waals surface area contributed by atoms with E-state index in [2.05, 4.69) is 16.8 Å². The summed E-state index contributed by atoms with van der Waals surface area (Å²) in [4.78, 5) is 10.9. The number of ether oxygens (including phenoxy) is 1. The van der Waals surface area contributed by atoms with Gasteiger partial charge in [0, 0.05) is 5.56 Å². The van der Waals surface area contributed by atoms with Crippen LogP contribution in [0.15, 0.2) is 12.6 Å². The highest BCUT2D eigenvalue weighted by Gasteiger charge is 2.18. The molecule has 0 atom stereocenters. The first kappa shape index (κ1) is 12.6. The van der Waals surface area contributed by atoms with E-state index < -0.39 is 0 Å². The van der Waals surface area contributed by atoms with Crippen LogP contribution in [0.4, 0.5) is 0 Å². The number of fused-ring (bicyclic) bond motifs is 1. The van der Waals surface area contributed by atoms with E-state index in [1.54, 1.807) is 6.07 Å². The second kappa shape index (κ2) is 4.82. The fraction of sp³-hybridized carbons (Fsp3) is 0.231. The molecule has 1 heterocycles. The molecule has 0 saturated carbocycles. The van der Waals surface area contributed by atoms with E-state index in [0.717, 1.165) is 11.1 Å². The lowest BCUT2D eigenvalue weighted by Crippen LogP contribution is -1.97. The summed E-state index contributed by atoms with van der Waals surface area (Å²) < 4.78 is 5.61. The molecule has 0 saturated heterocycles. The number of carbonyl (C=O) groups is 1. The Labute approximate surface area is 110 Å². The molecule has 0 bridgehead atoms. The summed E-state index contributed by atoms with van der Waals surface area (Å²) in [6.45, 7) is 8.15. The Balaban J connectivity index is 2.85. The molecule has 0 aliphatic heterocycles. The number of aldehydes is 1. The molecule has 1 N–H and O–H groups in total. The molecule has 94 valence electrons. The van der Waals surface area contributed by atoms with Crippen LogP contribution >= 0.6 is 11.6 Å². The summed E-state index contributed by atoms with van der Waals surface area (Å²) in [5.41, 5.74) is 2.55. The van der Waals surface area contributed by atoms with E-state index in [1.807, 2.05) is 13.8 Å². The van der Waals surface area contributed by atoms with E-state index in [4.69, 9.17) is 16.3 Å². The summed E-state index contributed by atoms with van der Waals surface area (Å²) in [5, 5.41) is 7.81. The fourth-order valence-corrected chi connectivity index (χ4v) is 2.15. The maximum Gasteiger partial charge on any atom is 0.168 e. The number of carbonyl (C=O) groups excluding carboxylic acids is 1. The Bertz CT molecular complexity index is 631. The minimum atomic E-state index is 0.351. The number of nitrogens with one attached hydrogen (secondary N) is 1. The van der Waals surface area contributed by atoms with Crippen molar-refractivity contribution in [1.82, 2.24) is 10.2 Å². The predicted molar refractivity (Wildman–Crippen MR) is 72.4 cm³/mol. The standard InChI is InChI=1S/C13H13ClN2O2/c1-4-18-13-8(7(2)3)5-9(14)11-10(6-17)15-16-12(11)13/h5-6H,2,4H2,1,3H3,(H,15,16). The zero-order valence-electron chi connectivity index (χ0n) is 10.2. The van der Waals surface area contributed by atoms with Crippen molar-refractivity contribution >= 4 is 34.4 Å². The van der Waals surface area contributed by atoms with Gasteiger partial charge in [-0.25, -0.2) is 0 Å². The Morgan fingerprint density at radius 2 is 2.39 bits per heavy atom. The first-order valence-corrected chi connectivity index (χ1v) is 5.92. The van der Waals surface area contributed by atoms with Gasteiger partial charge in [-0.1, -0.05) is 18.2 Å². The molecule has 0 aliphatic carbocycles. The molecule has 0 radical (unpaired) electrons. The lowest BCUT2D eigenvalue weighted by Gasteiger charge is -2.11. The number of benzene rings is 1. The largest absolute Gasteiger partial charge is 0.491 e. The normalized spacial score (nSPS) is 10.6. The van der Waals surface area contributed by atoms with Gasteiger partial charge in [0.2, 0.25) is 0 Å². The summed E-state index contributed by atoms with van der Waals surface area (Å²) in [5.74, 6) is 0.605. The zero-order chi connectivity index (χ0) is 13.3. The van der Waals surface area contributed by atoms with Gasteiger partial charge in [0.15, 0.2) is 12.0 Å². The molecule has 1 aromatic carbocycles. The highest BCUT2D eigenvalue weighted by atomic mass is 35.5. The smallest absolute Gasteiger partial charge is 0.168 e. The summed E-state index contributed by atoms with van der Waals surface area (Å²) >= 11 is 6.19. The summed E-state index contributed by atoms with van der Waals surface area (Å²) in [6, 6.07) is 1.75. The maximum atomic E-state index is 10.9. The van der Waals surface area contributed by atoms with Gasteiger partial charge in [-0.15, -0.1) is 0 Å². The van der Waals surface area contributed by atoms with Gasteiger partial charge in [0.25, 0.3) is 0 Å². The van der Waals surface area contributed by atoms with Crippen LogP contribution in [0.25, 0.3) is 16.5 Å². The number of allylic oxidation sites excluding steroid dienone is 1. The van der Waals surface area contributed by atoms with Crippen molar-refractivity contribution in [2.45, 2.75) is 13.8 Å². The van der Waals surface area contributed by atoms with Crippen molar-refractivity contribution in [3.8, 4) is 5.75 Å². The van der Waals surface area contributed by atoms with E-state index in [-0.39, 0.29) is 0 Å². The SMILES string of the molecule is C=C(C)c1cc(Cl)c2c(C=O)[nH]nc2c1OCC. The van der Waals surface area contributed by atoms with Crippen LogP contribution < -0.4 is 4.74 Å². The van der Waals surface area contributed by atoms with Crippen molar-refractivity contribution in [3.05, 3.63) is 28.9 Å². The quantitative estimate of drug-likeness (QED) is 0.861. The Morgan fingerprint density at radius 1 is 1.67 bits per heavy atom. The highest BCUT2D eigenvalue weighted by molar-refractivity contribution is 6.36. The zero-order valence-corrected chi connectivity index (χ0v) is 11.0. The molecule has 2 rings (SSSR count). The summed E-state index contributed by atoms with van der Waals surface area (Å²) in [7, 11) is 0. The van der Waals surface area contributed by atoms with Crippen LogP contribution in [0.5, 0.6) is 5.75 Å². The second-order valence-corrected chi connectivity index (χ2v) is 4.33. The van der Waals surface area contributed by atoms with Gasteiger partial charge in [-0.3, -0.25) is 9.89 Å². The van der Waals surface area contributed by atoms with Crippen LogP contribution in [-0.2, 0) is 0 Å². The van der Waals surface area contributed by atoms with Crippen molar-refractivity contribution in [3.63, 3.8) is 0 Å². The van der Waals surface area contributed by atoms with E-state index in [0.29, 0.717) is 40.3 Å². The third-order valence-electron chi connectivity index (χ3n) is 2.63. The van der Waals surface area contributed by atoms with Crippen molar-refractivity contribution in [2.24, 2.45) is 0 Å². The molecule has 0 fully saturated rings. The lowest BCUT2D eigenvalue weighted by molar-refractivity contribution is 0.112. The van der Waals surface area contributed by atoms with E-state index in [9.17, 15) is 4.79 Å². The van der Waals surface area contributed by atoms with Crippen molar-refractivity contribution in [1.29, 1.82) is 0 Å². The van der Waals surface area contributed by atoms with Crippen LogP contribution in [0, 0.1) is 0 Å². The topological polar surface area (TPSA) is 55.0 Å². The van der Waals surface area contributed by atoms with Crippen LogP contribution in [0.3, 0.4) is 0 Å². The highest BCUT2D eigenvalue weighted by Crippen LogP contribution is 2.38. The monoisotopic (exact) mass is 264 g/mol. The average Bonchev–Trinajstić information content (AvgIpc) is 2.76. The Hall–Kier alpha value is -1.81. The van der Waals surface area contributed by atoms with Crippen LogP contribution in [0.2, 0.25) is 5.02 Å². The molecular weight excluding hydrogens is 252 g/mol. The third kappa shape index (κ3) is 1.88. The van der Waals surface area contributed by atoms with E-state index in [1.165, 1.54) is 0 Å². The number of aromatic amines is 1. The third-order valence-corrected chi connectivity index (χ3v) is 2.93. The Kier molecular flexibility index (Phi) is 3.39. The first-order chi connectivity index (χ1) is 8.60. The van der Waals surface area contributed by atoms with Crippen LogP contribution in [0.1, 0.15) is 29.9 Å². The summed E-state index contributed by atoms with van der Waals surface area (Å²) in [6.07, 6.45) is 0.692. The predicted octanol–water partition coefficient (Wildman–Crippen LogP) is 3.46. The van der Waals surface area contributed by atoms with Gasteiger partial charge in [-0.05, 0) is 25.5 Å². The van der Waals surface area contributed by atoms with Gasteiger partial charge in [-0.2, -0.15) is 5.10 Å². The molecule has 18 heavy (non-hydrogen) atoms. The number of aromatic nitrogens is 2. The number of hydrogen-bond acceptors (Lipinski definition) is 3. The van der Waals surface area contributed by atoms with Gasteiger partial charge < -0.3 is 4.74 Å². The lowest BCUT2D eigenvalue weighted by atomic mass is 10.0. The molecule has 0 aliphatic rings. The average molecular weight is 265 g/mol. The number of hydrogen-bond donors (Lipinski definition) is 1. The van der Waals surface area contributed by atoms with Gasteiger partial charge in [0.05, 0.1) is 17.0 Å². The number of H-pyrrole nitrogens is 1. The number of rotatable bonds is 4. The van der Waals surface area contributed by atoms with Crippen LogP contribution in [-0.4, -0.2) is 23.1 Å². The molecule has 4 nitrogen and oxygen atoms in total. The maximum absolute atomic E-state index is 10.9. The van der Waals surface area contributed by atoms with Gasteiger partial charge in [0.1, 0.15) is 11.2 Å². The fourth-order valence-electron chi connectivity index (χ4n) is 1.85. The van der Waals surface area contributed by atoms with Crippen molar-refractivity contribution < 1.29 is 9.53 Å². The molecule has 1 aromatic heterocycles. The minimum Gasteiger partial charge on any atom is -0.491 e. The molecule has 5 heteroatoms. The molecule has 0 amide bonds. The molecule has 0 spiro atoms. The molecular formula is C13H13ClN2O2. The molecule has 0 unspecified atom stereocenters. The van der Waals surface area contributed by atoms with Crippen molar-refractivity contribution in [2.75, 3.05) is 6.61 Å². The minimum absolute atomic E-state index is 0.351. The first-order valence-electron chi connectivity index (χ1n) is 5.54. The van der Waals surface area contributed by atoms with Gasteiger partial charge >= 0.3 is 0 Å². The number of nitrogens with zero attached hydrogens (tertiary/aromatic N) is 1. The number of halogens is 1. The van der Waals surface area contributed by atoms with E-state index >= 15 is 0 Å². The second-order valence-electron chi connectivity index (χ2n) is 3.93. The molecule has 2 aromatic rings. The Morgan fingerprint density at radius 3 is 2.94 bits per heavy atom.